The van der Waals surface area contributed by atoms with Gasteiger partial charge in [0, 0.05) is 6.04 Å². The van der Waals surface area contributed by atoms with Gasteiger partial charge in [0.05, 0.1) is 22.7 Å². The van der Waals surface area contributed by atoms with E-state index >= 15 is 0 Å². The predicted octanol–water partition coefficient (Wildman–Crippen LogP) is 5.06. The molecule has 1 saturated carbocycles. The number of para-hydroxylation sites is 1. The van der Waals surface area contributed by atoms with E-state index in [4.69, 9.17) is 0 Å². The van der Waals surface area contributed by atoms with Crippen molar-refractivity contribution in [3.8, 4) is 0 Å². The summed E-state index contributed by atoms with van der Waals surface area (Å²) in [6.45, 7) is 2.05. The van der Waals surface area contributed by atoms with Crippen molar-refractivity contribution in [3.63, 3.8) is 0 Å². The van der Waals surface area contributed by atoms with E-state index < -0.39 is 10.0 Å². The molecule has 0 heterocycles. The van der Waals surface area contributed by atoms with Gasteiger partial charge in [-0.1, -0.05) is 73.0 Å². The standard InChI is InChI=1S/C26H28N2O3S/c1-20-15-17-23(18-16-20)32(30,31)28(19-21-9-3-2-4-10-21)25-14-8-7-13-24(25)26(29)27-22-11-5-6-12-22/h2-4,7-10,13-18,22H,5-6,11-12,19H2,1H3,(H,27,29). The van der Waals surface area contributed by atoms with Gasteiger partial charge < -0.3 is 5.32 Å². The van der Waals surface area contributed by atoms with Crippen molar-refractivity contribution in [3.05, 3.63) is 95.6 Å². The van der Waals surface area contributed by atoms with Crippen LogP contribution in [0.2, 0.25) is 0 Å². The van der Waals surface area contributed by atoms with Gasteiger partial charge in [-0.2, -0.15) is 0 Å². The van der Waals surface area contributed by atoms with E-state index in [1.165, 1.54) is 4.31 Å². The van der Waals surface area contributed by atoms with E-state index in [0.717, 1.165) is 36.8 Å². The molecule has 0 saturated heterocycles. The average Bonchev–Trinajstić information content (AvgIpc) is 3.31. The highest BCUT2D eigenvalue weighted by Crippen LogP contribution is 2.30. The average molecular weight is 449 g/mol. The Kier molecular flexibility index (Phi) is 6.61. The second-order valence-electron chi connectivity index (χ2n) is 8.28. The fourth-order valence-corrected chi connectivity index (χ4v) is 5.57. The maximum atomic E-state index is 13.8. The summed E-state index contributed by atoms with van der Waals surface area (Å²) in [5, 5.41) is 3.09. The molecule has 0 spiro atoms. The van der Waals surface area contributed by atoms with E-state index in [2.05, 4.69) is 5.32 Å². The van der Waals surface area contributed by atoms with Crippen LogP contribution in [0.3, 0.4) is 0 Å². The Morgan fingerprint density at radius 1 is 0.906 bits per heavy atom. The van der Waals surface area contributed by atoms with E-state index in [1.807, 2.05) is 37.3 Å². The van der Waals surface area contributed by atoms with E-state index in [0.29, 0.717) is 11.3 Å². The molecule has 1 aliphatic carbocycles. The van der Waals surface area contributed by atoms with Crippen LogP contribution in [0.1, 0.15) is 47.2 Å². The van der Waals surface area contributed by atoms with Gasteiger partial charge in [0.15, 0.2) is 0 Å². The van der Waals surface area contributed by atoms with Gasteiger partial charge in [-0.3, -0.25) is 9.10 Å². The van der Waals surface area contributed by atoms with Gasteiger partial charge in [0.2, 0.25) is 0 Å². The summed E-state index contributed by atoms with van der Waals surface area (Å²) in [7, 11) is -3.90. The molecule has 3 aromatic carbocycles. The van der Waals surface area contributed by atoms with Crippen LogP contribution < -0.4 is 9.62 Å². The molecule has 1 amide bonds. The highest BCUT2D eigenvalue weighted by Gasteiger charge is 2.29. The highest BCUT2D eigenvalue weighted by atomic mass is 32.2. The maximum absolute atomic E-state index is 13.8. The molecule has 3 aromatic rings. The summed E-state index contributed by atoms with van der Waals surface area (Å²) in [6.07, 6.45) is 4.13. The van der Waals surface area contributed by atoms with Crippen molar-refractivity contribution in [1.29, 1.82) is 0 Å². The van der Waals surface area contributed by atoms with Crippen molar-refractivity contribution >= 4 is 21.6 Å². The molecule has 1 aliphatic rings. The number of amides is 1. The van der Waals surface area contributed by atoms with E-state index in [1.54, 1.807) is 48.5 Å². The lowest BCUT2D eigenvalue weighted by Crippen LogP contribution is -2.36. The second kappa shape index (κ2) is 9.57. The Hall–Kier alpha value is -3.12. The quantitative estimate of drug-likeness (QED) is 0.549. The number of sulfonamides is 1. The summed E-state index contributed by atoms with van der Waals surface area (Å²) in [6, 6.07) is 23.3. The van der Waals surface area contributed by atoms with Gasteiger partial charge in [-0.15, -0.1) is 0 Å². The number of rotatable bonds is 7. The minimum atomic E-state index is -3.90. The third kappa shape index (κ3) is 4.86. The van der Waals surface area contributed by atoms with Crippen LogP contribution in [0.4, 0.5) is 5.69 Å². The smallest absolute Gasteiger partial charge is 0.264 e. The first-order valence-corrected chi connectivity index (χ1v) is 12.4. The van der Waals surface area contributed by atoms with Crippen LogP contribution in [-0.2, 0) is 16.6 Å². The highest BCUT2D eigenvalue weighted by molar-refractivity contribution is 7.92. The lowest BCUT2D eigenvalue weighted by Gasteiger charge is -2.27. The summed E-state index contributed by atoms with van der Waals surface area (Å²) in [4.78, 5) is 13.4. The van der Waals surface area contributed by atoms with Gasteiger partial charge in [0.1, 0.15) is 0 Å². The molecule has 5 nitrogen and oxygen atoms in total. The normalized spacial score (nSPS) is 14.3. The number of carbonyl (C=O) groups is 1. The van der Waals surface area contributed by atoms with Crippen molar-refractivity contribution in [2.45, 2.75) is 50.1 Å². The molecule has 4 rings (SSSR count). The Labute approximate surface area is 190 Å². The maximum Gasteiger partial charge on any atom is 0.264 e. The number of benzene rings is 3. The number of hydrogen-bond acceptors (Lipinski definition) is 3. The summed E-state index contributed by atoms with van der Waals surface area (Å²) < 4.78 is 28.9. The van der Waals surface area contributed by atoms with Crippen molar-refractivity contribution in [1.82, 2.24) is 5.32 Å². The molecule has 0 unspecified atom stereocenters. The monoisotopic (exact) mass is 448 g/mol. The summed E-state index contributed by atoms with van der Waals surface area (Å²) in [5.41, 5.74) is 2.57. The molecule has 0 aliphatic heterocycles. The van der Waals surface area contributed by atoms with Gasteiger partial charge in [-0.25, -0.2) is 8.42 Å². The zero-order chi connectivity index (χ0) is 22.6. The SMILES string of the molecule is Cc1ccc(S(=O)(=O)N(Cc2ccccc2)c2ccccc2C(=O)NC2CCCC2)cc1. The molecular weight excluding hydrogens is 420 g/mol. The number of nitrogens with one attached hydrogen (secondary N) is 1. The number of nitrogens with zero attached hydrogens (tertiary/aromatic N) is 1. The van der Waals surface area contributed by atoms with E-state index in [9.17, 15) is 13.2 Å². The molecule has 1 fully saturated rings. The van der Waals surface area contributed by atoms with Crippen LogP contribution in [-0.4, -0.2) is 20.4 Å². The Morgan fingerprint density at radius 3 is 2.22 bits per heavy atom. The van der Waals surface area contributed by atoms with Crippen LogP contribution in [0.15, 0.2) is 83.8 Å². The van der Waals surface area contributed by atoms with Gasteiger partial charge >= 0.3 is 0 Å². The largest absolute Gasteiger partial charge is 0.349 e. The number of carbonyl (C=O) groups excluding carboxylic acids is 1. The second-order valence-corrected chi connectivity index (χ2v) is 10.1. The molecule has 0 bridgehead atoms. The molecule has 32 heavy (non-hydrogen) atoms. The summed E-state index contributed by atoms with van der Waals surface area (Å²) >= 11 is 0. The first-order chi connectivity index (χ1) is 15.4. The first kappa shape index (κ1) is 22.1. The van der Waals surface area contributed by atoms with Crippen LogP contribution in [0.25, 0.3) is 0 Å². The van der Waals surface area contributed by atoms with Crippen LogP contribution >= 0.6 is 0 Å². The van der Waals surface area contributed by atoms with Crippen molar-refractivity contribution < 1.29 is 13.2 Å². The van der Waals surface area contributed by atoms with Gasteiger partial charge in [0.25, 0.3) is 15.9 Å². The molecule has 0 aromatic heterocycles. The molecule has 166 valence electrons. The third-order valence-electron chi connectivity index (χ3n) is 5.89. The lowest BCUT2D eigenvalue weighted by molar-refractivity contribution is 0.0938. The zero-order valence-corrected chi connectivity index (χ0v) is 19.0. The Balaban J connectivity index is 1.76. The lowest BCUT2D eigenvalue weighted by atomic mass is 10.1. The Morgan fingerprint density at radius 2 is 1.53 bits per heavy atom. The molecule has 0 atom stereocenters. The van der Waals surface area contributed by atoms with Crippen LogP contribution in [0.5, 0.6) is 0 Å². The van der Waals surface area contributed by atoms with Gasteiger partial charge in [-0.05, 0) is 49.6 Å². The summed E-state index contributed by atoms with van der Waals surface area (Å²) in [5.74, 6) is -0.232. The molecule has 6 heteroatoms. The van der Waals surface area contributed by atoms with Crippen LogP contribution in [0, 0.1) is 6.92 Å². The minimum Gasteiger partial charge on any atom is -0.349 e. The molecule has 0 radical (unpaired) electrons. The number of hydrogen-bond donors (Lipinski definition) is 1. The topological polar surface area (TPSA) is 66.5 Å². The number of aryl methyl sites for hydroxylation is 1. The fraction of sp³-hybridized carbons (Fsp3) is 0.269. The molecular formula is C26H28N2O3S. The molecule has 1 N–H and O–H groups in total. The zero-order valence-electron chi connectivity index (χ0n) is 18.2. The number of anilines is 1. The first-order valence-electron chi connectivity index (χ1n) is 11.0. The minimum absolute atomic E-state index is 0.130. The Bertz CT molecular complexity index is 1170. The fourth-order valence-electron chi connectivity index (χ4n) is 4.10. The third-order valence-corrected chi connectivity index (χ3v) is 7.66. The van der Waals surface area contributed by atoms with Crippen molar-refractivity contribution in [2.75, 3.05) is 4.31 Å². The van der Waals surface area contributed by atoms with Crippen molar-refractivity contribution in [2.24, 2.45) is 0 Å². The predicted molar refractivity (Wildman–Crippen MR) is 127 cm³/mol. The van der Waals surface area contributed by atoms with E-state index in [-0.39, 0.29) is 23.4 Å².